The molecule has 3 atom stereocenters. The molecule has 2 aromatic heterocycles. The molecule has 8 rings (SSSR count). The van der Waals surface area contributed by atoms with Crippen molar-refractivity contribution in [3.8, 4) is 28.8 Å². The van der Waals surface area contributed by atoms with Crippen LogP contribution in [-0.2, 0) is 0 Å². The Morgan fingerprint density at radius 3 is 2.73 bits per heavy atom. The maximum Gasteiger partial charge on any atom is 0.263 e. The molecule has 0 amide bonds. The van der Waals surface area contributed by atoms with Crippen molar-refractivity contribution in [3.05, 3.63) is 66.2 Å². The van der Waals surface area contributed by atoms with Crippen molar-refractivity contribution >= 4 is 32.9 Å². The molecule has 2 aromatic carbocycles. The van der Waals surface area contributed by atoms with Gasteiger partial charge in [0.25, 0.3) is 5.92 Å². The minimum atomic E-state index is -2.78. The second-order valence-electron chi connectivity index (χ2n) is 13.3. The summed E-state index contributed by atoms with van der Waals surface area (Å²) >= 11 is 0. The lowest BCUT2D eigenvalue weighted by Crippen LogP contribution is -2.51. The highest BCUT2D eigenvalue weighted by Gasteiger charge is 2.56. The number of anilines is 1. The van der Waals surface area contributed by atoms with E-state index in [9.17, 15) is 13.9 Å². The molecule has 230 valence electrons. The molecule has 4 fully saturated rings. The van der Waals surface area contributed by atoms with E-state index in [1.165, 1.54) is 6.07 Å². The van der Waals surface area contributed by atoms with Gasteiger partial charge in [-0.1, -0.05) is 36.3 Å². The van der Waals surface area contributed by atoms with E-state index in [4.69, 9.17) is 4.98 Å². The third kappa shape index (κ3) is 4.74. The quantitative estimate of drug-likeness (QED) is 0.259. The first-order chi connectivity index (χ1) is 21.6. The number of halogens is 3. The van der Waals surface area contributed by atoms with Gasteiger partial charge in [0.15, 0.2) is 5.82 Å². The number of hydrogen-bond acceptors (Lipinski definition) is 6. The normalized spacial score (nSPS) is 25.5. The van der Waals surface area contributed by atoms with E-state index in [1.807, 2.05) is 31.2 Å². The summed E-state index contributed by atoms with van der Waals surface area (Å²) in [6, 6.07) is 11.4. The summed E-state index contributed by atoms with van der Waals surface area (Å²) < 4.78 is 45.9. The number of allylic oxidation sites excluding steroid dienone is 1. The molecule has 0 radical (unpaired) electrons. The van der Waals surface area contributed by atoms with Gasteiger partial charge in [0.05, 0.1) is 17.8 Å². The van der Waals surface area contributed by atoms with Crippen LogP contribution in [0.3, 0.4) is 0 Å². The second kappa shape index (κ2) is 10.2. The first-order valence-corrected chi connectivity index (χ1v) is 15.7. The molecule has 9 heteroatoms. The van der Waals surface area contributed by atoms with Gasteiger partial charge in [-0.15, -0.1) is 0 Å². The highest BCUT2D eigenvalue weighted by atomic mass is 19.3. The average Bonchev–Trinajstić information content (AvgIpc) is 3.62. The summed E-state index contributed by atoms with van der Waals surface area (Å²) in [6.45, 7) is 7.84. The van der Waals surface area contributed by atoms with Gasteiger partial charge < -0.3 is 15.3 Å². The molecule has 0 saturated carbocycles. The number of rotatable bonds is 3. The maximum atomic E-state index is 16.9. The molecule has 4 aliphatic rings. The Morgan fingerprint density at radius 2 is 1.96 bits per heavy atom. The summed E-state index contributed by atoms with van der Waals surface area (Å²) in [6.07, 6.45) is 4.91. The molecular weight excluding hydrogens is 575 g/mol. The number of fused-ring (bicyclic) bond motifs is 5. The van der Waals surface area contributed by atoms with Crippen LogP contribution in [-0.4, -0.2) is 69.7 Å². The van der Waals surface area contributed by atoms with Crippen LogP contribution in [0.1, 0.15) is 50.3 Å². The number of hydrogen-bond donors (Lipinski definition) is 2. The SMILES string of the molecule is C=C(C)c1cccc2cc(O)cc(-c3ncc4c(N5CC6CCC(C5)N6)cc(C#CC56CCCN5CC(F)(F)C6)nc4c3F)c12. The standard InChI is InChI=1S/C36H34F3N5O/c1-21(2)27-6-3-5-22-13-26(45)15-28(31(22)27)33-32(37)34-29(16-40-33)30(43-17-24-7-8-25(18-43)41-24)14-23(42-34)9-11-35-10-4-12-44(35)20-36(38,39)19-35/h3,5-6,13-16,24-25,41,45H,1,4,7-8,10,12,17-20H2,2H3. The highest BCUT2D eigenvalue weighted by Crippen LogP contribution is 2.46. The van der Waals surface area contributed by atoms with Gasteiger partial charge in [-0.2, -0.15) is 0 Å². The monoisotopic (exact) mass is 609 g/mol. The van der Waals surface area contributed by atoms with Crippen molar-refractivity contribution in [1.82, 2.24) is 20.2 Å². The second-order valence-corrected chi connectivity index (χ2v) is 13.3. The van der Waals surface area contributed by atoms with Crippen molar-refractivity contribution < 1.29 is 18.3 Å². The fourth-order valence-corrected chi connectivity index (χ4v) is 8.09. The Labute approximate surface area is 260 Å². The van der Waals surface area contributed by atoms with Crippen LogP contribution >= 0.6 is 0 Å². The van der Waals surface area contributed by atoms with Crippen LogP contribution < -0.4 is 10.2 Å². The number of phenolic OH excluding ortho intramolecular Hbond substituents is 1. The lowest BCUT2D eigenvalue weighted by atomic mass is 9.93. The molecule has 0 spiro atoms. The van der Waals surface area contributed by atoms with E-state index in [0.717, 1.165) is 59.9 Å². The number of piperazine rings is 1. The van der Waals surface area contributed by atoms with Gasteiger partial charge in [-0.05, 0) is 79.6 Å². The topological polar surface area (TPSA) is 64.5 Å². The van der Waals surface area contributed by atoms with Crippen molar-refractivity contribution in [3.63, 3.8) is 0 Å². The molecule has 6 nitrogen and oxygen atoms in total. The Bertz CT molecular complexity index is 1950. The zero-order valence-corrected chi connectivity index (χ0v) is 25.1. The van der Waals surface area contributed by atoms with Crippen molar-refractivity contribution in [2.45, 2.75) is 62.6 Å². The summed E-state index contributed by atoms with van der Waals surface area (Å²) in [5.74, 6) is 2.92. The molecule has 45 heavy (non-hydrogen) atoms. The van der Waals surface area contributed by atoms with Gasteiger partial charge in [-0.3, -0.25) is 9.88 Å². The van der Waals surface area contributed by atoms with Gasteiger partial charge in [0.1, 0.15) is 22.7 Å². The number of nitrogens with one attached hydrogen (secondary N) is 1. The number of aromatic nitrogens is 2. The van der Waals surface area contributed by atoms with E-state index < -0.39 is 17.3 Å². The van der Waals surface area contributed by atoms with Crippen LogP contribution in [0.25, 0.3) is 38.5 Å². The number of phenols is 1. The van der Waals surface area contributed by atoms with Gasteiger partial charge in [0, 0.05) is 48.7 Å². The zero-order valence-electron chi connectivity index (χ0n) is 25.1. The van der Waals surface area contributed by atoms with Crippen molar-refractivity contribution in [1.29, 1.82) is 0 Å². The zero-order chi connectivity index (χ0) is 31.1. The first-order valence-electron chi connectivity index (χ1n) is 15.7. The fraction of sp³-hybridized carbons (Fsp3) is 0.389. The molecule has 4 aliphatic heterocycles. The number of benzene rings is 2. The van der Waals surface area contributed by atoms with Crippen molar-refractivity contribution in [2.75, 3.05) is 31.1 Å². The van der Waals surface area contributed by atoms with Crippen LogP contribution in [0.5, 0.6) is 5.75 Å². The average molecular weight is 610 g/mol. The maximum absolute atomic E-state index is 16.9. The molecule has 2 bridgehead atoms. The van der Waals surface area contributed by atoms with E-state index >= 15 is 4.39 Å². The molecule has 4 aromatic rings. The van der Waals surface area contributed by atoms with E-state index in [0.29, 0.717) is 41.7 Å². The predicted octanol–water partition coefficient (Wildman–Crippen LogP) is 6.49. The third-order valence-electron chi connectivity index (χ3n) is 10.0. The number of aromatic hydroxyl groups is 1. The highest BCUT2D eigenvalue weighted by molar-refractivity contribution is 6.05. The molecule has 0 aliphatic carbocycles. The lowest BCUT2D eigenvalue weighted by Gasteiger charge is -2.35. The predicted molar refractivity (Wildman–Crippen MR) is 171 cm³/mol. The Kier molecular flexibility index (Phi) is 6.42. The summed E-state index contributed by atoms with van der Waals surface area (Å²) in [7, 11) is 0. The Hall–Kier alpha value is -4.13. The first kappa shape index (κ1) is 28.4. The largest absolute Gasteiger partial charge is 0.508 e. The van der Waals surface area contributed by atoms with Gasteiger partial charge in [-0.25, -0.2) is 18.2 Å². The van der Waals surface area contributed by atoms with Crippen LogP contribution in [0.4, 0.5) is 18.9 Å². The molecule has 6 heterocycles. The number of pyridine rings is 2. The molecular formula is C36H34F3N5O. The molecule has 2 N–H and O–H groups in total. The summed E-state index contributed by atoms with van der Waals surface area (Å²) in [5.41, 5.74) is 2.51. The smallest absolute Gasteiger partial charge is 0.263 e. The number of nitrogens with zero attached hydrogens (tertiary/aromatic N) is 4. The van der Waals surface area contributed by atoms with E-state index in [1.54, 1.807) is 17.2 Å². The summed E-state index contributed by atoms with van der Waals surface area (Å²) in [5, 5.41) is 16.3. The van der Waals surface area contributed by atoms with Gasteiger partial charge >= 0.3 is 0 Å². The third-order valence-corrected chi connectivity index (χ3v) is 10.0. The Morgan fingerprint density at radius 1 is 1.16 bits per heavy atom. The minimum Gasteiger partial charge on any atom is -0.508 e. The summed E-state index contributed by atoms with van der Waals surface area (Å²) in [4.78, 5) is 13.4. The minimum absolute atomic E-state index is 0.00374. The fourth-order valence-electron chi connectivity index (χ4n) is 8.09. The van der Waals surface area contributed by atoms with Crippen LogP contribution in [0.2, 0.25) is 0 Å². The van der Waals surface area contributed by atoms with Crippen molar-refractivity contribution in [2.24, 2.45) is 0 Å². The molecule has 4 saturated heterocycles. The van der Waals surface area contributed by atoms with Crippen LogP contribution in [0.15, 0.2) is 49.2 Å². The van der Waals surface area contributed by atoms with Gasteiger partial charge in [0.2, 0.25) is 0 Å². The molecule has 3 unspecified atom stereocenters. The Balaban J connectivity index is 1.32. The van der Waals surface area contributed by atoms with E-state index in [2.05, 4.69) is 33.6 Å². The number of alkyl halides is 2. The van der Waals surface area contributed by atoms with Crippen LogP contribution in [0, 0.1) is 17.7 Å². The lowest BCUT2D eigenvalue weighted by molar-refractivity contribution is 0.0104. The van der Waals surface area contributed by atoms with E-state index in [-0.39, 0.29) is 29.9 Å².